The number of nitrogens with zero attached hydrogens (tertiary/aromatic N) is 2. The van der Waals surface area contributed by atoms with E-state index in [9.17, 15) is 24.3 Å². The van der Waals surface area contributed by atoms with Crippen LogP contribution in [0.25, 0.3) is 0 Å². The Hall–Kier alpha value is -2.59. The third-order valence-corrected chi connectivity index (χ3v) is 10.9. The molecule has 3 fully saturated rings. The van der Waals surface area contributed by atoms with Crippen molar-refractivity contribution in [2.45, 2.75) is 35.4 Å². The summed E-state index contributed by atoms with van der Waals surface area (Å²) in [5, 5.41) is 11.8. The zero-order chi connectivity index (χ0) is 29.4. The second-order valence-electron chi connectivity index (χ2n) is 10.6. The molecule has 12 heteroatoms. The monoisotopic (exact) mass is 680 g/mol. The Kier molecular flexibility index (Phi) is 6.96. The number of ether oxygens (including phenoxy) is 1. The number of hydrogen-bond acceptors (Lipinski definition) is 6. The van der Waals surface area contributed by atoms with Crippen LogP contribution in [0, 0.1) is 17.8 Å². The van der Waals surface area contributed by atoms with Crippen molar-refractivity contribution in [2.24, 2.45) is 17.8 Å². The lowest BCUT2D eigenvalue weighted by Gasteiger charge is -2.50. The third-order valence-electron chi connectivity index (χ3n) is 8.74. The summed E-state index contributed by atoms with van der Waals surface area (Å²) in [7, 11) is 0. The van der Waals surface area contributed by atoms with Crippen molar-refractivity contribution < 1.29 is 29.0 Å². The first-order chi connectivity index (χ1) is 19.5. The average Bonchev–Trinajstić information content (AvgIpc) is 3.28. The van der Waals surface area contributed by atoms with Crippen LogP contribution in [-0.4, -0.2) is 55.4 Å². The third kappa shape index (κ3) is 3.78. The van der Waals surface area contributed by atoms with Crippen LogP contribution in [0.5, 0.6) is 11.5 Å². The summed E-state index contributed by atoms with van der Waals surface area (Å²) in [4.78, 5) is 53.4. The van der Waals surface area contributed by atoms with Crippen molar-refractivity contribution in [1.29, 1.82) is 0 Å². The van der Waals surface area contributed by atoms with Crippen LogP contribution in [0.15, 0.2) is 54.1 Å². The van der Waals surface area contributed by atoms with E-state index in [4.69, 9.17) is 39.5 Å². The van der Waals surface area contributed by atoms with Crippen LogP contribution in [0.4, 0.5) is 5.69 Å². The van der Waals surface area contributed by atoms with Gasteiger partial charge in [-0.1, -0.05) is 51.3 Å². The first kappa shape index (κ1) is 28.5. The largest absolute Gasteiger partial charge is 0.504 e. The number of fused-ring (bicyclic) bond motifs is 4. The number of amides is 4. The molecule has 1 N–H and O–H groups in total. The summed E-state index contributed by atoms with van der Waals surface area (Å²) < 4.78 is 5.61. The van der Waals surface area contributed by atoms with Gasteiger partial charge in [0.15, 0.2) is 21.2 Å². The Morgan fingerprint density at radius 2 is 1.73 bits per heavy atom. The molecule has 2 aromatic carbocycles. The quantitative estimate of drug-likeness (QED) is 0.197. The summed E-state index contributed by atoms with van der Waals surface area (Å²) in [5.41, 5.74) is 1.08. The number of phenols is 1. The van der Waals surface area contributed by atoms with E-state index >= 15 is 0 Å². The molecule has 2 aromatic rings. The number of hydrogen-bond donors (Lipinski definition) is 1. The molecule has 41 heavy (non-hydrogen) atoms. The minimum Gasteiger partial charge on any atom is -0.504 e. The fourth-order valence-corrected chi connectivity index (χ4v) is 8.53. The number of aromatic hydroxyl groups is 1. The van der Waals surface area contributed by atoms with Gasteiger partial charge in [-0.15, -0.1) is 23.2 Å². The molecule has 4 aliphatic rings. The maximum absolute atomic E-state index is 14.0. The van der Waals surface area contributed by atoms with Crippen LogP contribution < -0.4 is 9.64 Å². The van der Waals surface area contributed by atoms with E-state index < -0.39 is 51.1 Å². The van der Waals surface area contributed by atoms with Gasteiger partial charge >= 0.3 is 0 Å². The number of allylic oxidation sites excluding steroid dienone is 2. The molecule has 6 atom stereocenters. The average molecular weight is 683 g/mol. The van der Waals surface area contributed by atoms with Gasteiger partial charge in [0.1, 0.15) is 0 Å². The Morgan fingerprint density at radius 3 is 2.39 bits per heavy atom. The van der Waals surface area contributed by atoms with Crippen LogP contribution in [0.3, 0.4) is 0 Å². The van der Waals surface area contributed by atoms with E-state index in [2.05, 4.69) is 15.9 Å². The summed E-state index contributed by atoms with van der Waals surface area (Å²) in [6.45, 7) is 2.04. The predicted molar refractivity (Wildman–Crippen MR) is 157 cm³/mol. The lowest BCUT2D eigenvalue weighted by atomic mass is 9.56. The van der Waals surface area contributed by atoms with Gasteiger partial charge in [-0.05, 0) is 56.0 Å². The van der Waals surface area contributed by atoms with Crippen molar-refractivity contribution in [1.82, 2.24) is 4.90 Å². The molecule has 2 aliphatic heterocycles. The first-order valence-corrected chi connectivity index (χ1v) is 15.3. The highest BCUT2D eigenvalue weighted by Gasteiger charge is 2.76. The molecule has 0 radical (unpaired) electrons. The van der Waals surface area contributed by atoms with Crippen LogP contribution in [-0.2, 0) is 19.2 Å². The summed E-state index contributed by atoms with van der Waals surface area (Å²) in [6, 6.07) is 11.2. The van der Waals surface area contributed by atoms with Gasteiger partial charge in [0, 0.05) is 16.5 Å². The zero-order valence-corrected chi connectivity index (χ0v) is 25.5. The number of para-hydroxylation sites is 1. The van der Waals surface area contributed by atoms with Gasteiger partial charge in [0.2, 0.25) is 11.8 Å². The van der Waals surface area contributed by atoms with Crippen LogP contribution in [0.1, 0.15) is 31.2 Å². The minimum atomic E-state index is -2.02. The number of likely N-dealkylation sites (tertiary alicyclic amines) is 1. The van der Waals surface area contributed by atoms with E-state index in [1.54, 1.807) is 49.4 Å². The topological polar surface area (TPSA) is 104 Å². The zero-order valence-electron chi connectivity index (χ0n) is 21.7. The lowest BCUT2D eigenvalue weighted by molar-refractivity contribution is -0.138. The molecule has 6 unspecified atom stereocenters. The van der Waals surface area contributed by atoms with Gasteiger partial charge in [0.25, 0.3) is 11.8 Å². The predicted octanol–water partition coefficient (Wildman–Crippen LogP) is 5.36. The second kappa shape index (κ2) is 10.0. The maximum Gasteiger partial charge on any atom is 0.254 e. The molecule has 2 aliphatic carbocycles. The van der Waals surface area contributed by atoms with Gasteiger partial charge in [-0.3, -0.25) is 29.0 Å². The van der Waals surface area contributed by atoms with E-state index in [0.29, 0.717) is 16.3 Å². The molecule has 1 saturated carbocycles. The van der Waals surface area contributed by atoms with Crippen molar-refractivity contribution in [2.75, 3.05) is 17.0 Å². The molecule has 6 rings (SSSR count). The number of benzene rings is 2. The SMILES string of the molecule is CCOc1cccc(C2C3=CCC4C(=O)N(c5ccc(Cl)cc5)C(=O)C4C3CC3(Cl)C(=O)N(CBr)C(=O)C23Cl)c1O. The summed E-state index contributed by atoms with van der Waals surface area (Å²) in [6.07, 6.45) is 1.88. The number of alkyl halides is 3. The van der Waals surface area contributed by atoms with Gasteiger partial charge in [-0.25, -0.2) is 0 Å². The highest BCUT2D eigenvalue weighted by Crippen LogP contribution is 2.66. The summed E-state index contributed by atoms with van der Waals surface area (Å²) in [5.74, 6) is -5.61. The normalized spacial score (nSPS) is 32.6. The number of rotatable bonds is 5. The van der Waals surface area contributed by atoms with Crippen LogP contribution in [0.2, 0.25) is 5.02 Å². The first-order valence-electron chi connectivity index (χ1n) is 13.1. The number of carbonyl (C=O) groups excluding carboxylic acids is 4. The molecule has 8 nitrogen and oxygen atoms in total. The van der Waals surface area contributed by atoms with Crippen molar-refractivity contribution in [3.8, 4) is 11.5 Å². The molecule has 2 saturated heterocycles. The number of phenolic OH excluding ortho intramolecular Hbond substituents is 1. The van der Waals surface area contributed by atoms with Gasteiger partial charge in [-0.2, -0.15) is 0 Å². The molecule has 0 aromatic heterocycles. The number of anilines is 1. The molecule has 0 spiro atoms. The van der Waals surface area contributed by atoms with Crippen molar-refractivity contribution in [3.05, 3.63) is 64.7 Å². The standard InChI is InChI=1S/C29H24BrCl3N2O6/c1-2-41-20-5-3-4-18(23(20)36)22-16-10-11-17-21(25(38)35(24(17)37)15-8-6-14(31)7-9-15)19(16)12-28(32)26(39)34(13-30)27(40)29(22,28)33/h3-10,17,19,21-22,36H,2,11-13H2,1H3. The number of halogens is 4. The molecule has 214 valence electrons. The molecule has 4 amide bonds. The molecular weight excluding hydrogens is 659 g/mol. The van der Waals surface area contributed by atoms with E-state index in [1.807, 2.05) is 6.08 Å². The molecular formula is C29H24BrCl3N2O6. The van der Waals surface area contributed by atoms with Gasteiger partial charge < -0.3 is 9.84 Å². The Morgan fingerprint density at radius 1 is 1.02 bits per heavy atom. The number of carbonyl (C=O) groups is 4. The van der Waals surface area contributed by atoms with E-state index in [-0.39, 0.29) is 47.9 Å². The summed E-state index contributed by atoms with van der Waals surface area (Å²) >= 11 is 23.7. The lowest BCUT2D eigenvalue weighted by Crippen LogP contribution is -2.60. The Bertz CT molecular complexity index is 1530. The molecule has 2 heterocycles. The minimum absolute atomic E-state index is 0.136. The second-order valence-corrected chi connectivity index (χ2v) is 12.8. The number of imide groups is 2. The van der Waals surface area contributed by atoms with Gasteiger partial charge in [0.05, 0.1) is 29.6 Å². The van der Waals surface area contributed by atoms with E-state index in [0.717, 1.165) is 9.80 Å². The Labute approximate surface area is 259 Å². The Balaban J connectivity index is 1.53. The highest BCUT2D eigenvalue weighted by molar-refractivity contribution is 9.09. The maximum atomic E-state index is 14.0. The smallest absolute Gasteiger partial charge is 0.254 e. The van der Waals surface area contributed by atoms with Crippen molar-refractivity contribution in [3.63, 3.8) is 0 Å². The fourth-order valence-electron chi connectivity index (χ4n) is 6.99. The van der Waals surface area contributed by atoms with E-state index in [1.165, 1.54) is 0 Å². The molecule has 0 bridgehead atoms. The van der Waals surface area contributed by atoms with Crippen LogP contribution >= 0.6 is 50.7 Å². The fraction of sp³-hybridized carbons (Fsp3) is 0.379. The highest BCUT2D eigenvalue weighted by atomic mass is 79.9. The van der Waals surface area contributed by atoms with Crippen molar-refractivity contribution >= 4 is 80.0 Å².